The molecule has 0 atom stereocenters. The third kappa shape index (κ3) is 3.55. The topological polar surface area (TPSA) is 92.7 Å². The van der Waals surface area contributed by atoms with Crippen molar-refractivity contribution in [3.8, 4) is 0 Å². The van der Waals surface area contributed by atoms with E-state index in [4.69, 9.17) is 4.74 Å². The number of fused-ring (bicyclic) bond motifs is 1. The smallest absolute Gasteiger partial charge is 0.352 e. The standard InChI is InChI=1S/C18H12FNO5/c19-12-3-1-10(2-4-12)16(21)8-15(17(22)23)20-13-5-6-14-11(7-13)9-25-18(14)24/h1-8,20H,9H2,(H,22,23)/b15-8-. The number of allylic oxidation sites excluding steroid dienone is 1. The summed E-state index contributed by atoms with van der Waals surface area (Å²) in [7, 11) is 0. The van der Waals surface area contributed by atoms with Gasteiger partial charge in [0.2, 0.25) is 0 Å². The molecule has 0 radical (unpaired) electrons. The summed E-state index contributed by atoms with van der Waals surface area (Å²) in [5.74, 6) is -2.83. The highest BCUT2D eigenvalue weighted by Crippen LogP contribution is 2.24. The van der Waals surface area contributed by atoms with E-state index in [9.17, 15) is 23.9 Å². The Morgan fingerprint density at radius 3 is 2.56 bits per heavy atom. The van der Waals surface area contributed by atoms with Gasteiger partial charge < -0.3 is 15.2 Å². The van der Waals surface area contributed by atoms with Gasteiger partial charge in [0.25, 0.3) is 0 Å². The summed E-state index contributed by atoms with van der Waals surface area (Å²) in [4.78, 5) is 34.9. The summed E-state index contributed by atoms with van der Waals surface area (Å²) < 4.78 is 17.8. The van der Waals surface area contributed by atoms with Gasteiger partial charge in [-0.25, -0.2) is 14.0 Å². The summed E-state index contributed by atoms with van der Waals surface area (Å²) in [5.41, 5.74) is 1.27. The van der Waals surface area contributed by atoms with Crippen LogP contribution in [0.4, 0.5) is 10.1 Å². The number of halogens is 1. The molecule has 1 aliphatic rings. The summed E-state index contributed by atoms with van der Waals surface area (Å²) in [5, 5.41) is 11.9. The molecule has 0 fully saturated rings. The van der Waals surface area contributed by atoms with Gasteiger partial charge in [0.05, 0.1) is 5.56 Å². The number of ketones is 1. The van der Waals surface area contributed by atoms with Crippen molar-refractivity contribution in [2.75, 3.05) is 5.32 Å². The molecule has 126 valence electrons. The van der Waals surface area contributed by atoms with Crippen LogP contribution in [0.2, 0.25) is 0 Å². The van der Waals surface area contributed by atoms with Gasteiger partial charge in [0.15, 0.2) is 5.78 Å². The van der Waals surface area contributed by atoms with Crippen LogP contribution >= 0.6 is 0 Å². The molecule has 0 amide bonds. The number of rotatable bonds is 5. The van der Waals surface area contributed by atoms with E-state index in [1.54, 1.807) is 6.07 Å². The number of carbonyl (C=O) groups excluding carboxylic acids is 2. The lowest BCUT2D eigenvalue weighted by atomic mass is 10.1. The van der Waals surface area contributed by atoms with Crippen LogP contribution < -0.4 is 5.32 Å². The van der Waals surface area contributed by atoms with Gasteiger partial charge in [-0.05, 0) is 42.5 Å². The van der Waals surface area contributed by atoms with E-state index in [1.807, 2.05) is 0 Å². The lowest BCUT2D eigenvalue weighted by Crippen LogP contribution is -2.13. The second-order valence-electron chi connectivity index (χ2n) is 5.31. The first-order valence-electron chi connectivity index (χ1n) is 7.26. The van der Waals surface area contributed by atoms with Crippen LogP contribution in [0.1, 0.15) is 26.3 Å². The molecule has 7 heteroatoms. The van der Waals surface area contributed by atoms with Crippen molar-refractivity contribution in [1.29, 1.82) is 0 Å². The summed E-state index contributed by atoms with van der Waals surface area (Å²) in [6.45, 7) is 0.115. The van der Waals surface area contributed by atoms with Crippen LogP contribution in [-0.2, 0) is 16.1 Å². The highest BCUT2D eigenvalue weighted by Gasteiger charge is 2.21. The zero-order valence-electron chi connectivity index (χ0n) is 12.8. The Morgan fingerprint density at radius 2 is 1.88 bits per heavy atom. The zero-order chi connectivity index (χ0) is 18.0. The largest absolute Gasteiger partial charge is 0.477 e. The van der Waals surface area contributed by atoms with Crippen molar-refractivity contribution in [2.45, 2.75) is 6.61 Å². The van der Waals surface area contributed by atoms with Crippen molar-refractivity contribution in [2.24, 2.45) is 0 Å². The molecule has 6 nitrogen and oxygen atoms in total. The van der Waals surface area contributed by atoms with E-state index in [0.717, 1.165) is 18.2 Å². The van der Waals surface area contributed by atoms with Gasteiger partial charge in [0.1, 0.15) is 18.1 Å². The maximum atomic E-state index is 12.9. The molecule has 0 saturated heterocycles. The molecule has 0 spiro atoms. The molecule has 0 bridgehead atoms. The van der Waals surface area contributed by atoms with Gasteiger partial charge in [-0.15, -0.1) is 0 Å². The molecule has 0 aliphatic carbocycles. The highest BCUT2D eigenvalue weighted by atomic mass is 19.1. The molecule has 0 saturated carbocycles. The number of carbonyl (C=O) groups is 3. The van der Waals surface area contributed by atoms with Gasteiger partial charge in [0, 0.05) is 22.9 Å². The van der Waals surface area contributed by atoms with E-state index in [1.165, 1.54) is 24.3 Å². The van der Waals surface area contributed by atoms with E-state index in [2.05, 4.69) is 5.32 Å². The zero-order valence-corrected chi connectivity index (χ0v) is 12.8. The van der Waals surface area contributed by atoms with Gasteiger partial charge >= 0.3 is 11.9 Å². The minimum atomic E-state index is -1.33. The van der Waals surface area contributed by atoms with Crippen molar-refractivity contribution in [1.82, 2.24) is 0 Å². The van der Waals surface area contributed by atoms with Crippen molar-refractivity contribution in [3.05, 3.63) is 76.7 Å². The third-order valence-corrected chi connectivity index (χ3v) is 3.60. The van der Waals surface area contributed by atoms with E-state index in [0.29, 0.717) is 16.8 Å². The molecule has 2 aromatic carbocycles. The number of hydrogen-bond acceptors (Lipinski definition) is 5. The Kier molecular flexibility index (Phi) is 4.30. The molecule has 1 heterocycles. The number of carboxylic acids is 1. The fraction of sp³-hybridized carbons (Fsp3) is 0.0556. The SMILES string of the molecule is O=C(O)/C(=C/C(=O)c1ccc(F)cc1)Nc1ccc2c(c1)COC2=O. The van der Waals surface area contributed by atoms with Crippen LogP contribution in [0.25, 0.3) is 0 Å². The lowest BCUT2D eigenvalue weighted by molar-refractivity contribution is -0.132. The lowest BCUT2D eigenvalue weighted by Gasteiger charge is -2.08. The highest BCUT2D eigenvalue weighted by molar-refractivity contribution is 6.09. The number of carboxylic acid groups (broad SMARTS) is 1. The Bertz CT molecular complexity index is 902. The number of esters is 1. The summed E-state index contributed by atoms with van der Waals surface area (Å²) in [6, 6.07) is 9.40. The first kappa shape index (κ1) is 16.4. The number of ether oxygens (including phenoxy) is 1. The van der Waals surface area contributed by atoms with Gasteiger partial charge in [-0.1, -0.05) is 0 Å². The number of benzene rings is 2. The molecule has 3 rings (SSSR count). The Morgan fingerprint density at radius 1 is 1.16 bits per heavy atom. The summed E-state index contributed by atoms with van der Waals surface area (Å²) >= 11 is 0. The minimum absolute atomic E-state index is 0.115. The molecule has 0 aromatic heterocycles. The molecule has 25 heavy (non-hydrogen) atoms. The third-order valence-electron chi connectivity index (χ3n) is 3.60. The molecule has 2 aromatic rings. The molecular formula is C18H12FNO5. The maximum absolute atomic E-state index is 12.9. The first-order valence-corrected chi connectivity index (χ1v) is 7.26. The minimum Gasteiger partial charge on any atom is -0.477 e. The van der Waals surface area contributed by atoms with E-state index < -0.39 is 23.5 Å². The Hall–Kier alpha value is -3.48. The van der Waals surface area contributed by atoms with Crippen LogP contribution in [0.5, 0.6) is 0 Å². The van der Waals surface area contributed by atoms with Crippen molar-refractivity contribution in [3.63, 3.8) is 0 Å². The number of hydrogen-bond donors (Lipinski definition) is 2. The fourth-order valence-corrected chi connectivity index (χ4v) is 2.35. The first-order chi connectivity index (χ1) is 11.9. The molecule has 1 aliphatic heterocycles. The molecule has 0 unspecified atom stereocenters. The predicted molar refractivity (Wildman–Crippen MR) is 85.6 cm³/mol. The predicted octanol–water partition coefficient (Wildman–Crippen LogP) is 2.76. The molecular weight excluding hydrogens is 329 g/mol. The number of nitrogens with one attached hydrogen (secondary N) is 1. The maximum Gasteiger partial charge on any atom is 0.352 e. The van der Waals surface area contributed by atoms with E-state index >= 15 is 0 Å². The normalized spacial score (nSPS) is 13.2. The van der Waals surface area contributed by atoms with Crippen LogP contribution in [0, 0.1) is 5.82 Å². The summed E-state index contributed by atoms with van der Waals surface area (Å²) in [6.07, 6.45) is 0.921. The van der Waals surface area contributed by atoms with Crippen LogP contribution in [-0.4, -0.2) is 22.8 Å². The quantitative estimate of drug-likeness (QED) is 0.493. The monoisotopic (exact) mass is 341 g/mol. The van der Waals surface area contributed by atoms with Crippen LogP contribution in [0.3, 0.4) is 0 Å². The fourth-order valence-electron chi connectivity index (χ4n) is 2.35. The van der Waals surface area contributed by atoms with Crippen molar-refractivity contribution < 1.29 is 28.6 Å². The van der Waals surface area contributed by atoms with Gasteiger partial charge in [-0.2, -0.15) is 0 Å². The number of anilines is 1. The average Bonchev–Trinajstić information content (AvgIpc) is 2.95. The van der Waals surface area contributed by atoms with Crippen molar-refractivity contribution >= 4 is 23.4 Å². The van der Waals surface area contributed by atoms with Gasteiger partial charge in [-0.3, -0.25) is 4.79 Å². The van der Waals surface area contributed by atoms with Crippen LogP contribution in [0.15, 0.2) is 54.2 Å². The number of aliphatic carboxylic acids is 1. The van der Waals surface area contributed by atoms with E-state index in [-0.39, 0.29) is 17.9 Å². The Balaban J connectivity index is 1.84. The molecule has 2 N–H and O–H groups in total. The second kappa shape index (κ2) is 6.56. The number of cyclic esters (lactones) is 1. The Labute approximate surface area is 141 Å². The second-order valence-corrected chi connectivity index (χ2v) is 5.31. The average molecular weight is 341 g/mol.